The monoisotopic (exact) mass is 525 g/mol. The first-order valence-electron chi connectivity index (χ1n) is 10.9. The minimum atomic E-state index is -4.32. The Kier molecular flexibility index (Phi) is 6.80. The van der Waals surface area contributed by atoms with E-state index >= 15 is 4.39 Å². The predicted molar refractivity (Wildman–Crippen MR) is 126 cm³/mol. The number of nitrogens with one attached hydrogen (secondary N) is 1. The Balaban J connectivity index is 1.94. The number of aromatic nitrogens is 2. The normalized spacial score (nSPS) is 18.3. The standard InChI is InChI=1S/C23H25ClFN3O6S/c1-11-5-7-16(25)18(12(11)2)13(3)20(22-26-27-23(30)34-22)28-9-10-33-21-17(35(28,31)32)8-6-15(24)19(21)14(4)29/h5-8,13-14,20,29H,9-10H2,1-4H3,(H,27,30)/t13-,14-,20+/m1/s1. The van der Waals surface area contributed by atoms with Gasteiger partial charge in [0, 0.05) is 18.0 Å². The third kappa shape index (κ3) is 4.37. The Hall–Kier alpha value is -2.73. The average Bonchev–Trinajstić information content (AvgIpc) is 3.15. The highest BCUT2D eigenvalue weighted by atomic mass is 35.5. The SMILES string of the molecule is Cc1ccc(F)c([C@@H](C)[C@@H](c2n[nH]c(=O)o2)N2CCOc3c(ccc(Cl)c3[C@@H](C)O)S2(=O)=O)c1C. The highest BCUT2D eigenvalue weighted by Gasteiger charge is 2.43. The van der Waals surface area contributed by atoms with Gasteiger partial charge in [-0.1, -0.05) is 24.6 Å². The van der Waals surface area contributed by atoms with Gasteiger partial charge in [0.05, 0.1) is 11.1 Å². The highest BCUT2D eigenvalue weighted by molar-refractivity contribution is 7.89. The van der Waals surface area contributed by atoms with Crippen LogP contribution in [0.5, 0.6) is 5.75 Å². The number of rotatable bonds is 5. The molecule has 0 saturated heterocycles. The number of sulfonamides is 1. The molecule has 0 bridgehead atoms. The van der Waals surface area contributed by atoms with Crippen molar-refractivity contribution in [2.45, 2.75) is 50.7 Å². The summed E-state index contributed by atoms with van der Waals surface area (Å²) in [5.41, 5.74) is 1.89. The zero-order valence-electron chi connectivity index (χ0n) is 19.5. The van der Waals surface area contributed by atoms with Gasteiger partial charge in [-0.3, -0.25) is 0 Å². The van der Waals surface area contributed by atoms with Crippen molar-refractivity contribution in [2.24, 2.45) is 0 Å². The van der Waals surface area contributed by atoms with Crippen molar-refractivity contribution in [1.29, 1.82) is 0 Å². The molecule has 4 rings (SSSR count). The van der Waals surface area contributed by atoms with Crippen LogP contribution in [0.25, 0.3) is 0 Å². The number of fused-ring (bicyclic) bond motifs is 1. The molecule has 3 aromatic rings. The maximum atomic E-state index is 15.1. The molecular formula is C23H25ClFN3O6S. The van der Waals surface area contributed by atoms with Gasteiger partial charge in [0.25, 0.3) is 0 Å². The molecular weight excluding hydrogens is 501 g/mol. The van der Waals surface area contributed by atoms with Crippen LogP contribution < -0.4 is 10.5 Å². The van der Waals surface area contributed by atoms with E-state index in [0.29, 0.717) is 5.56 Å². The number of aliphatic hydroxyl groups excluding tert-OH is 1. The van der Waals surface area contributed by atoms with E-state index in [4.69, 9.17) is 20.8 Å². The zero-order chi connectivity index (χ0) is 25.7. The van der Waals surface area contributed by atoms with Crippen molar-refractivity contribution in [3.8, 4) is 5.75 Å². The number of hydrogen-bond acceptors (Lipinski definition) is 7. The fraction of sp³-hybridized carbons (Fsp3) is 0.391. The van der Waals surface area contributed by atoms with Crippen LogP contribution in [0, 0.1) is 19.7 Å². The molecule has 0 aliphatic carbocycles. The predicted octanol–water partition coefficient (Wildman–Crippen LogP) is 3.75. The maximum absolute atomic E-state index is 15.1. The lowest BCUT2D eigenvalue weighted by Gasteiger charge is -2.32. The smallest absolute Gasteiger partial charge is 0.434 e. The Bertz CT molecular complexity index is 1440. The summed E-state index contributed by atoms with van der Waals surface area (Å²) in [7, 11) is -4.32. The molecule has 2 heterocycles. The van der Waals surface area contributed by atoms with E-state index in [0.717, 1.165) is 9.87 Å². The largest absolute Gasteiger partial charge is 0.490 e. The summed E-state index contributed by atoms with van der Waals surface area (Å²) in [6.07, 6.45) is -1.10. The van der Waals surface area contributed by atoms with Crippen molar-refractivity contribution in [3.05, 3.63) is 73.8 Å². The minimum absolute atomic E-state index is 0.0530. The van der Waals surface area contributed by atoms with E-state index in [2.05, 4.69) is 10.2 Å². The molecule has 2 aromatic carbocycles. The number of H-pyrrole nitrogens is 1. The van der Waals surface area contributed by atoms with Gasteiger partial charge in [0.15, 0.2) is 0 Å². The Labute approximate surface area is 206 Å². The third-order valence-corrected chi connectivity index (χ3v) is 8.58. The zero-order valence-corrected chi connectivity index (χ0v) is 21.1. The van der Waals surface area contributed by atoms with E-state index in [1.54, 1.807) is 19.9 Å². The number of aliphatic hydroxyl groups is 1. The number of nitrogens with zero attached hydrogens (tertiary/aromatic N) is 2. The molecule has 0 spiro atoms. The molecule has 188 valence electrons. The van der Waals surface area contributed by atoms with E-state index in [1.165, 1.54) is 25.1 Å². The van der Waals surface area contributed by atoms with Gasteiger partial charge in [-0.2, -0.15) is 4.31 Å². The summed E-state index contributed by atoms with van der Waals surface area (Å²) in [6.45, 7) is 6.41. The molecule has 9 nitrogen and oxygen atoms in total. The van der Waals surface area contributed by atoms with Crippen LogP contribution >= 0.6 is 11.6 Å². The third-order valence-electron chi connectivity index (χ3n) is 6.35. The van der Waals surface area contributed by atoms with Crippen LogP contribution in [0.15, 0.2) is 38.4 Å². The van der Waals surface area contributed by atoms with E-state index in [1.807, 2.05) is 6.92 Å². The molecule has 12 heteroatoms. The van der Waals surface area contributed by atoms with Gasteiger partial charge in [-0.15, -0.1) is 5.10 Å². The number of halogens is 2. The van der Waals surface area contributed by atoms with Crippen molar-refractivity contribution < 1.29 is 27.1 Å². The Morgan fingerprint density at radius 1 is 1.20 bits per heavy atom. The molecule has 3 atom stereocenters. The van der Waals surface area contributed by atoms with Gasteiger partial charge < -0.3 is 14.3 Å². The van der Waals surface area contributed by atoms with Crippen molar-refractivity contribution in [2.75, 3.05) is 13.2 Å². The van der Waals surface area contributed by atoms with E-state index < -0.39 is 39.7 Å². The first-order chi connectivity index (χ1) is 16.4. The summed E-state index contributed by atoms with van der Waals surface area (Å²) in [5.74, 6) is -2.45. The Morgan fingerprint density at radius 2 is 1.91 bits per heavy atom. The molecule has 1 aliphatic heterocycles. The summed E-state index contributed by atoms with van der Waals surface area (Å²) < 4.78 is 55.1. The Morgan fingerprint density at radius 3 is 2.54 bits per heavy atom. The quantitative estimate of drug-likeness (QED) is 0.519. The maximum Gasteiger partial charge on any atom is 0.434 e. The van der Waals surface area contributed by atoms with Crippen LogP contribution in [0.1, 0.15) is 60.1 Å². The minimum Gasteiger partial charge on any atom is -0.490 e. The fourth-order valence-electron chi connectivity index (χ4n) is 4.55. The van der Waals surface area contributed by atoms with Crippen LogP contribution in [0.4, 0.5) is 4.39 Å². The number of aryl methyl sites for hydroxylation is 1. The van der Waals surface area contributed by atoms with Crippen molar-refractivity contribution in [1.82, 2.24) is 14.5 Å². The van der Waals surface area contributed by atoms with E-state index in [9.17, 15) is 18.3 Å². The summed E-state index contributed by atoms with van der Waals surface area (Å²) in [6, 6.07) is 4.42. The molecule has 0 amide bonds. The van der Waals surface area contributed by atoms with Gasteiger partial charge in [0.1, 0.15) is 29.1 Å². The lowest BCUT2D eigenvalue weighted by atomic mass is 9.87. The van der Waals surface area contributed by atoms with Crippen LogP contribution in [-0.2, 0) is 10.0 Å². The number of aromatic amines is 1. The average molecular weight is 526 g/mol. The number of hydrogen-bond donors (Lipinski definition) is 2. The molecule has 1 aliphatic rings. The first kappa shape index (κ1) is 25.4. The van der Waals surface area contributed by atoms with Crippen molar-refractivity contribution >= 4 is 21.6 Å². The topological polar surface area (TPSA) is 126 Å². The second-order valence-corrected chi connectivity index (χ2v) is 10.8. The highest BCUT2D eigenvalue weighted by Crippen LogP contribution is 2.45. The van der Waals surface area contributed by atoms with Gasteiger partial charge in [-0.25, -0.2) is 22.7 Å². The van der Waals surface area contributed by atoms with Gasteiger partial charge in [-0.05, 0) is 55.7 Å². The van der Waals surface area contributed by atoms with Crippen LogP contribution in [0.3, 0.4) is 0 Å². The molecule has 0 fully saturated rings. The van der Waals surface area contributed by atoms with Crippen LogP contribution in [0.2, 0.25) is 5.02 Å². The second kappa shape index (κ2) is 9.38. The number of benzene rings is 2. The lowest BCUT2D eigenvalue weighted by molar-refractivity contribution is 0.184. The molecule has 0 saturated carbocycles. The lowest BCUT2D eigenvalue weighted by Crippen LogP contribution is -2.39. The summed E-state index contributed by atoms with van der Waals surface area (Å²) in [5, 5.41) is 16.4. The summed E-state index contributed by atoms with van der Waals surface area (Å²) in [4.78, 5) is 11.6. The molecule has 0 radical (unpaired) electrons. The fourth-order valence-corrected chi connectivity index (χ4v) is 6.63. The molecule has 0 unspecified atom stereocenters. The molecule has 2 N–H and O–H groups in total. The van der Waals surface area contributed by atoms with Crippen LogP contribution in [-0.4, -0.2) is 41.2 Å². The first-order valence-corrected chi connectivity index (χ1v) is 12.7. The summed E-state index contributed by atoms with van der Waals surface area (Å²) >= 11 is 6.23. The van der Waals surface area contributed by atoms with E-state index in [-0.39, 0.29) is 45.8 Å². The molecule has 35 heavy (non-hydrogen) atoms. The van der Waals surface area contributed by atoms with Gasteiger partial charge >= 0.3 is 5.76 Å². The van der Waals surface area contributed by atoms with Crippen molar-refractivity contribution in [3.63, 3.8) is 0 Å². The molecule has 1 aromatic heterocycles. The second-order valence-electron chi connectivity index (χ2n) is 8.52. The number of ether oxygens (including phenoxy) is 1. The van der Waals surface area contributed by atoms with Gasteiger partial charge in [0.2, 0.25) is 15.9 Å².